The summed E-state index contributed by atoms with van der Waals surface area (Å²) in [5.74, 6) is -3.02. The minimum absolute atomic E-state index is 0.0322. The van der Waals surface area contributed by atoms with Crippen molar-refractivity contribution in [2.45, 2.75) is 0 Å². The minimum atomic E-state index is -4.08. The zero-order chi connectivity index (χ0) is 18.8. The van der Waals surface area contributed by atoms with Gasteiger partial charge in [0, 0.05) is 7.05 Å². The van der Waals surface area contributed by atoms with Gasteiger partial charge in [0.05, 0.1) is 18.4 Å². The highest BCUT2D eigenvalue weighted by molar-refractivity contribution is 7.89. The number of carboxylic acid groups (broad SMARTS) is 1. The van der Waals surface area contributed by atoms with Crippen LogP contribution in [0.25, 0.3) is 0 Å². The number of ether oxygens (including phenoxy) is 1. The topological polar surface area (TPSA) is 158 Å². The highest BCUT2D eigenvalue weighted by Crippen LogP contribution is 2.29. The van der Waals surface area contributed by atoms with Crippen LogP contribution in [0.4, 0.5) is 5.69 Å². The summed E-state index contributed by atoms with van der Waals surface area (Å²) in [4.78, 5) is 23.8. The molecule has 0 atom stereocenters. The number of carboxylic acids is 1. The Morgan fingerprint density at radius 1 is 1.32 bits per heavy atom. The summed E-state index contributed by atoms with van der Waals surface area (Å²) in [7, 11) is -1.62. The average Bonchev–Trinajstić information content (AvgIpc) is 2.82. The van der Waals surface area contributed by atoms with Crippen LogP contribution in [0.3, 0.4) is 0 Å². The van der Waals surface area contributed by atoms with Gasteiger partial charge in [0.2, 0.25) is 5.84 Å². The van der Waals surface area contributed by atoms with Crippen LogP contribution in [0.15, 0.2) is 27.0 Å². The van der Waals surface area contributed by atoms with Crippen LogP contribution in [0.5, 0.6) is 5.75 Å². The van der Waals surface area contributed by atoms with E-state index in [1.807, 2.05) is 0 Å². The fraction of sp³-hybridized carbons (Fsp3) is 0.231. The lowest BCUT2D eigenvalue weighted by atomic mass is 10.1. The van der Waals surface area contributed by atoms with Gasteiger partial charge in [-0.1, -0.05) is 6.07 Å². The lowest BCUT2D eigenvalue weighted by Gasteiger charge is -2.17. The van der Waals surface area contributed by atoms with Crippen LogP contribution in [0.1, 0.15) is 10.4 Å². The molecule has 0 saturated carbocycles. The summed E-state index contributed by atoms with van der Waals surface area (Å²) in [6.07, 6.45) is 0. The fourth-order valence-electron chi connectivity index (χ4n) is 1.96. The monoisotopic (exact) mass is 370 g/mol. The van der Waals surface area contributed by atoms with Gasteiger partial charge in [0.1, 0.15) is 6.54 Å². The number of nitrogens with zero attached hydrogens (tertiary/aromatic N) is 3. The second-order valence-electron chi connectivity index (χ2n) is 4.87. The molecule has 0 fully saturated rings. The molecule has 1 aromatic carbocycles. The van der Waals surface area contributed by atoms with Crippen molar-refractivity contribution in [2.24, 2.45) is 8.80 Å². The summed E-state index contributed by atoms with van der Waals surface area (Å²) < 4.78 is 34.1. The van der Waals surface area contributed by atoms with Crippen LogP contribution in [0.2, 0.25) is 0 Å². The van der Waals surface area contributed by atoms with Crippen molar-refractivity contribution in [3.8, 4) is 5.75 Å². The van der Waals surface area contributed by atoms with E-state index < -0.39 is 34.4 Å². The third kappa shape index (κ3) is 4.03. The van der Waals surface area contributed by atoms with Gasteiger partial charge in [0.15, 0.2) is 5.75 Å². The van der Waals surface area contributed by atoms with E-state index in [4.69, 9.17) is 9.84 Å². The van der Waals surface area contributed by atoms with E-state index in [9.17, 15) is 23.1 Å². The number of rotatable bonds is 4. The highest BCUT2D eigenvalue weighted by Gasteiger charge is 2.27. The molecule has 25 heavy (non-hydrogen) atoms. The molecule has 1 amide bonds. The van der Waals surface area contributed by atoms with Gasteiger partial charge in [-0.25, -0.2) is 0 Å². The minimum Gasteiger partial charge on any atom is -0.505 e. The van der Waals surface area contributed by atoms with Gasteiger partial charge in [-0.15, -0.1) is 8.80 Å². The number of hydrogen-bond donors (Lipinski definition) is 3. The van der Waals surface area contributed by atoms with E-state index in [1.54, 1.807) is 0 Å². The quantitative estimate of drug-likeness (QED) is 0.607. The van der Waals surface area contributed by atoms with Gasteiger partial charge in [-0.2, -0.15) is 8.42 Å². The SMILES string of the molecule is COC1=NS(=O)(=O)N=C1Nc1cccc(C(=O)N(C)CC(=O)O)c1O. The van der Waals surface area contributed by atoms with Crippen molar-refractivity contribution in [3.63, 3.8) is 0 Å². The summed E-state index contributed by atoms with van der Waals surface area (Å²) >= 11 is 0. The van der Waals surface area contributed by atoms with Crippen molar-refractivity contribution < 1.29 is 33.0 Å². The summed E-state index contributed by atoms with van der Waals surface area (Å²) in [5.41, 5.74) is -0.207. The van der Waals surface area contributed by atoms with Gasteiger partial charge in [-0.3, -0.25) is 9.59 Å². The maximum atomic E-state index is 12.2. The number of anilines is 1. The molecule has 3 N–H and O–H groups in total. The molecule has 1 aromatic rings. The van der Waals surface area contributed by atoms with E-state index in [0.717, 1.165) is 4.90 Å². The molecule has 1 heterocycles. The first kappa shape index (κ1) is 18.2. The van der Waals surface area contributed by atoms with Gasteiger partial charge in [-0.05, 0) is 12.1 Å². The number of nitrogens with one attached hydrogen (secondary N) is 1. The number of amides is 1. The maximum Gasteiger partial charge on any atom is 0.368 e. The van der Waals surface area contributed by atoms with Gasteiger partial charge < -0.3 is 25.2 Å². The largest absolute Gasteiger partial charge is 0.505 e. The van der Waals surface area contributed by atoms with Crippen molar-refractivity contribution in [3.05, 3.63) is 23.8 Å². The predicted molar refractivity (Wildman–Crippen MR) is 87.1 cm³/mol. The van der Waals surface area contributed by atoms with Crippen molar-refractivity contribution in [2.75, 3.05) is 26.0 Å². The maximum absolute atomic E-state index is 12.2. The number of carbonyl (C=O) groups is 2. The molecule has 0 unspecified atom stereocenters. The lowest BCUT2D eigenvalue weighted by molar-refractivity contribution is -0.137. The number of methoxy groups -OCH3 is 1. The number of amidine groups is 1. The molecule has 2 rings (SSSR count). The summed E-state index contributed by atoms with van der Waals surface area (Å²) in [5, 5.41) is 21.5. The van der Waals surface area contributed by atoms with E-state index >= 15 is 0 Å². The van der Waals surface area contributed by atoms with Gasteiger partial charge in [0.25, 0.3) is 11.8 Å². The molecule has 0 aromatic heterocycles. The second kappa shape index (κ2) is 6.76. The molecule has 134 valence electrons. The summed E-state index contributed by atoms with van der Waals surface area (Å²) in [6, 6.07) is 4.07. The zero-order valence-electron chi connectivity index (χ0n) is 13.1. The second-order valence-corrected chi connectivity index (χ2v) is 6.13. The Morgan fingerprint density at radius 3 is 2.60 bits per heavy atom. The molecule has 12 heteroatoms. The zero-order valence-corrected chi connectivity index (χ0v) is 13.9. The Morgan fingerprint density at radius 2 is 2.00 bits per heavy atom. The van der Waals surface area contributed by atoms with E-state index in [-0.39, 0.29) is 23.0 Å². The number of phenols is 1. The van der Waals surface area contributed by atoms with Crippen LogP contribution in [-0.2, 0) is 19.7 Å². The Labute approximate surface area is 142 Å². The normalized spacial score (nSPS) is 15.1. The first-order valence-electron chi connectivity index (χ1n) is 6.70. The van der Waals surface area contributed by atoms with Crippen LogP contribution in [0, 0.1) is 0 Å². The Balaban J connectivity index is 2.32. The number of para-hydroxylation sites is 1. The Kier molecular flexibility index (Phi) is 4.92. The predicted octanol–water partition coefficient (Wildman–Crippen LogP) is -0.338. The van der Waals surface area contributed by atoms with Crippen molar-refractivity contribution in [1.29, 1.82) is 0 Å². The number of phenolic OH excluding ortho intramolecular Hbond substituents is 1. The lowest BCUT2D eigenvalue weighted by Crippen LogP contribution is -2.32. The molecule has 0 bridgehead atoms. The molecular weight excluding hydrogens is 356 g/mol. The first-order valence-corrected chi connectivity index (χ1v) is 8.10. The molecule has 0 saturated heterocycles. The standard InChI is InChI=1S/C13H14N4O7S/c1-17(6-9(18)19)13(21)7-4-3-5-8(10(7)20)14-11-12(24-2)16-25(22,23)15-11/h3-5,20H,6H2,1-2H3,(H,14,15)(H,18,19). The number of benzene rings is 1. The molecule has 11 nitrogen and oxygen atoms in total. The summed E-state index contributed by atoms with van der Waals surface area (Å²) in [6.45, 7) is -0.554. The number of likely N-dealkylation sites (N-methyl/N-ethyl adjacent to an activating group) is 1. The van der Waals surface area contributed by atoms with Gasteiger partial charge >= 0.3 is 16.2 Å². The highest BCUT2D eigenvalue weighted by atomic mass is 32.2. The molecule has 0 radical (unpaired) electrons. The first-order chi connectivity index (χ1) is 11.6. The number of carbonyl (C=O) groups excluding carboxylic acids is 1. The molecule has 1 aliphatic heterocycles. The average molecular weight is 370 g/mol. The van der Waals surface area contributed by atoms with E-state index in [1.165, 1.54) is 32.4 Å². The van der Waals surface area contributed by atoms with Crippen LogP contribution in [-0.4, -0.2) is 67.8 Å². The Hall–Kier alpha value is -3.15. The third-order valence-electron chi connectivity index (χ3n) is 3.04. The smallest absolute Gasteiger partial charge is 0.368 e. The Bertz CT molecular complexity index is 892. The van der Waals surface area contributed by atoms with E-state index in [2.05, 4.69) is 14.1 Å². The molecular formula is C13H14N4O7S. The molecule has 0 aliphatic carbocycles. The number of aromatic hydroxyl groups is 1. The molecule has 0 spiro atoms. The van der Waals surface area contributed by atoms with Crippen LogP contribution >= 0.6 is 0 Å². The van der Waals surface area contributed by atoms with Crippen molar-refractivity contribution in [1.82, 2.24) is 4.90 Å². The van der Waals surface area contributed by atoms with E-state index in [0.29, 0.717) is 0 Å². The third-order valence-corrected chi connectivity index (χ3v) is 3.85. The van der Waals surface area contributed by atoms with Crippen LogP contribution < -0.4 is 5.32 Å². The number of hydrogen-bond acceptors (Lipinski definition) is 7. The van der Waals surface area contributed by atoms with Crippen molar-refractivity contribution >= 4 is 39.5 Å². The number of aliphatic carboxylic acids is 1. The fourth-order valence-corrected chi connectivity index (χ4v) is 2.72. The molecule has 1 aliphatic rings.